The average Bonchev–Trinajstić information content (AvgIpc) is 3.21. The normalized spacial score (nSPS) is 13.2. The third-order valence-corrected chi connectivity index (χ3v) is 5.23. The number of aliphatic carboxylic acids is 1. The van der Waals surface area contributed by atoms with Gasteiger partial charge < -0.3 is 43.2 Å². The minimum Gasteiger partial charge on any atom is -0.480 e. The van der Waals surface area contributed by atoms with Gasteiger partial charge in [0.05, 0.1) is 19.0 Å². The molecule has 0 aliphatic rings. The van der Waals surface area contributed by atoms with Crippen molar-refractivity contribution < 1.29 is 33.9 Å². The molecule has 1 aromatic heterocycles. The molecule has 1 heterocycles. The minimum atomic E-state index is -1.32. The molecule has 0 saturated heterocycles. The number of hydrogen-bond acceptors (Lipinski definition) is 7. The van der Waals surface area contributed by atoms with E-state index in [0.717, 1.165) is 10.9 Å². The first kappa shape index (κ1) is 27.8. The number of rotatable bonds is 14. The molecule has 36 heavy (non-hydrogen) atoms. The smallest absolute Gasteiger partial charge is 0.326 e. The fourth-order valence-electron chi connectivity index (χ4n) is 3.40. The number of aromatic nitrogens is 1. The zero-order valence-electron chi connectivity index (χ0n) is 19.3. The van der Waals surface area contributed by atoms with E-state index in [2.05, 4.69) is 20.9 Å². The molecule has 3 atom stereocenters. The highest BCUT2D eigenvalue weighted by molar-refractivity contribution is 5.94. The number of primary amides is 2. The first-order valence-corrected chi connectivity index (χ1v) is 10.9. The summed E-state index contributed by atoms with van der Waals surface area (Å²) in [5.74, 6) is -5.33. The third kappa shape index (κ3) is 8.39. The molecule has 0 spiro atoms. The molecule has 0 aliphatic carbocycles. The van der Waals surface area contributed by atoms with Crippen LogP contribution in [0, 0.1) is 0 Å². The van der Waals surface area contributed by atoms with Gasteiger partial charge in [0.1, 0.15) is 12.1 Å². The van der Waals surface area contributed by atoms with Crippen LogP contribution in [0.4, 0.5) is 0 Å². The number of fused-ring (bicyclic) bond motifs is 1. The number of benzene rings is 1. The Balaban J connectivity index is 1.98. The summed E-state index contributed by atoms with van der Waals surface area (Å²) >= 11 is 0. The molecular weight excluding hydrogens is 474 g/mol. The number of nitrogens with one attached hydrogen (secondary N) is 4. The van der Waals surface area contributed by atoms with Crippen molar-refractivity contribution in [3.63, 3.8) is 0 Å². The molecule has 0 radical (unpaired) electrons. The predicted molar refractivity (Wildman–Crippen MR) is 127 cm³/mol. The van der Waals surface area contributed by atoms with Gasteiger partial charge in [-0.2, -0.15) is 0 Å². The largest absolute Gasteiger partial charge is 0.480 e. The van der Waals surface area contributed by atoms with E-state index in [0.29, 0.717) is 5.56 Å². The Morgan fingerprint density at radius 2 is 1.64 bits per heavy atom. The molecule has 2 rings (SSSR count). The molecule has 194 valence electrons. The number of nitrogens with two attached hydrogens (primary N) is 3. The number of carboxylic acids is 1. The van der Waals surface area contributed by atoms with Crippen LogP contribution in [0.1, 0.15) is 24.8 Å². The Hall–Kier alpha value is -4.46. The van der Waals surface area contributed by atoms with Crippen LogP contribution in [0.5, 0.6) is 0 Å². The first-order chi connectivity index (χ1) is 17.0. The Labute approximate surface area is 205 Å². The van der Waals surface area contributed by atoms with Gasteiger partial charge in [-0.05, 0) is 18.1 Å². The zero-order chi connectivity index (χ0) is 26.8. The van der Waals surface area contributed by atoms with Crippen LogP contribution < -0.4 is 33.2 Å². The van der Waals surface area contributed by atoms with Crippen LogP contribution >= 0.6 is 0 Å². The summed E-state index contributed by atoms with van der Waals surface area (Å²) in [5.41, 5.74) is 17.2. The molecule has 1 aromatic carbocycles. The zero-order valence-corrected chi connectivity index (χ0v) is 19.3. The van der Waals surface area contributed by atoms with E-state index in [4.69, 9.17) is 17.2 Å². The van der Waals surface area contributed by atoms with Gasteiger partial charge in [0.15, 0.2) is 0 Å². The van der Waals surface area contributed by atoms with Gasteiger partial charge in [0.25, 0.3) is 0 Å². The van der Waals surface area contributed by atoms with E-state index in [9.17, 15) is 33.9 Å². The highest BCUT2D eigenvalue weighted by Gasteiger charge is 2.26. The topological polar surface area (TPSA) is 253 Å². The second-order valence-electron chi connectivity index (χ2n) is 8.08. The van der Waals surface area contributed by atoms with Gasteiger partial charge in [0, 0.05) is 29.9 Å². The molecular formula is C22H29N7O7. The number of carbonyl (C=O) groups is 6. The van der Waals surface area contributed by atoms with Crippen molar-refractivity contribution in [2.24, 2.45) is 17.2 Å². The molecule has 5 amide bonds. The molecule has 3 unspecified atom stereocenters. The summed E-state index contributed by atoms with van der Waals surface area (Å²) in [6.45, 7) is -0.604. The van der Waals surface area contributed by atoms with Crippen molar-refractivity contribution in [1.29, 1.82) is 0 Å². The van der Waals surface area contributed by atoms with E-state index in [1.165, 1.54) is 0 Å². The van der Waals surface area contributed by atoms with Gasteiger partial charge >= 0.3 is 5.97 Å². The highest BCUT2D eigenvalue weighted by atomic mass is 16.4. The molecule has 14 heteroatoms. The molecule has 11 N–H and O–H groups in total. The van der Waals surface area contributed by atoms with Gasteiger partial charge in [-0.1, -0.05) is 18.2 Å². The molecule has 0 saturated carbocycles. The van der Waals surface area contributed by atoms with Crippen LogP contribution in [0.2, 0.25) is 0 Å². The lowest BCUT2D eigenvalue weighted by atomic mass is 10.0. The van der Waals surface area contributed by atoms with E-state index in [1.54, 1.807) is 12.3 Å². The maximum atomic E-state index is 12.6. The predicted octanol–water partition coefficient (Wildman–Crippen LogP) is -2.65. The van der Waals surface area contributed by atoms with Crippen molar-refractivity contribution in [2.45, 2.75) is 43.8 Å². The van der Waals surface area contributed by atoms with Crippen molar-refractivity contribution in [3.8, 4) is 0 Å². The summed E-state index contributed by atoms with van der Waals surface area (Å²) in [5, 5.41) is 17.3. The number of amides is 5. The number of aromatic amines is 1. The number of carboxylic acid groups (broad SMARTS) is 1. The lowest BCUT2D eigenvalue weighted by Crippen LogP contribution is -2.54. The first-order valence-electron chi connectivity index (χ1n) is 10.9. The summed E-state index contributed by atoms with van der Waals surface area (Å²) < 4.78 is 0. The molecule has 14 nitrogen and oxygen atoms in total. The maximum absolute atomic E-state index is 12.6. The minimum absolute atomic E-state index is 0.00587. The van der Waals surface area contributed by atoms with E-state index in [1.807, 2.05) is 18.2 Å². The summed E-state index contributed by atoms with van der Waals surface area (Å²) in [7, 11) is 0. The third-order valence-electron chi connectivity index (χ3n) is 5.23. The standard InChI is InChI=1S/C22H29N7O7/c23-13(8-18(25)31)20(33)29-15(5-6-17(24)30)21(34)27-10-19(32)28-16(22(35)36)7-11-9-26-14-4-2-1-3-12(11)14/h1-4,9,13,15-16,26H,5-8,10,23H2,(H2,24,30)(H2,25,31)(H,27,34)(H,28,32)(H,29,33)(H,35,36). The molecule has 0 fully saturated rings. The quantitative estimate of drug-likeness (QED) is 0.135. The van der Waals surface area contributed by atoms with E-state index in [-0.39, 0.29) is 19.3 Å². The average molecular weight is 504 g/mol. The Bertz CT molecular complexity index is 1150. The molecule has 0 aliphatic heterocycles. The Kier molecular flexibility index (Phi) is 9.92. The van der Waals surface area contributed by atoms with E-state index >= 15 is 0 Å². The molecule has 2 aromatic rings. The van der Waals surface area contributed by atoms with E-state index < -0.39 is 66.6 Å². The number of para-hydroxylation sites is 1. The monoisotopic (exact) mass is 503 g/mol. The summed E-state index contributed by atoms with van der Waals surface area (Å²) in [6, 6.07) is 3.39. The van der Waals surface area contributed by atoms with Crippen molar-refractivity contribution in [1.82, 2.24) is 20.9 Å². The Morgan fingerprint density at radius 1 is 0.944 bits per heavy atom. The second kappa shape index (κ2) is 12.9. The van der Waals surface area contributed by atoms with Crippen molar-refractivity contribution >= 4 is 46.4 Å². The van der Waals surface area contributed by atoms with Gasteiger partial charge in [-0.3, -0.25) is 24.0 Å². The Morgan fingerprint density at radius 3 is 2.28 bits per heavy atom. The SMILES string of the molecule is NC(=O)CCC(NC(=O)C(N)CC(N)=O)C(=O)NCC(=O)NC(Cc1c[nH]c2ccccc12)C(=O)O. The number of H-pyrrole nitrogens is 1. The van der Waals surface area contributed by atoms with Gasteiger partial charge in [-0.25, -0.2) is 4.79 Å². The number of hydrogen-bond donors (Lipinski definition) is 8. The van der Waals surface area contributed by atoms with Crippen LogP contribution in [-0.2, 0) is 35.2 Å². The number of carbonyl (C=O) groups excluding carboxylic acids is 5. The van der Waals surface area contributed by atoms with Gasteiger partial charge in [-0.15, -0.1) is 0 Å². The second-order valence-corrected chi connectivity index (χ2v) is 8.08. The van der Waals surface area contributed by atoms with Gasteiger partial charge in [0.2, 0.25) is 29.5 Å². The lowest BCUT2D eigenvalue weighted by molar-refractivity contribution is -0.141. The maximum Gasteiger partial charge on any atom is 0.326 e. The fraction of sp³-hybridized carbons (Fsp3) is 0.364. The van der Waals surface area contributed by atoms with Crippen LogP contribution in [0.15, 0.2) is 30.5 Å². The van der Waals surface area contributed by atoms with Crippen molar-refractivity contribution in [2.75, 3.05) is 6.54 Å². The van der Waals surface area contributed by atoms with Crippen molar-refractivity contribution in [3.05, 3.63) is 36.0 Å². The summed E-state index contributed by atoms with van der Waals surface area (Å²) in [4.78, 5) is 73.9. The lowest BCUT2D eigenvalue weighted by Gasteiger charge is -2.20. The molecule has 0 bridgehead atoms. The van der Waals surface area contributed by atoms with Crippen LogP contribution in [-0.4, -0.2) is 70.3 Å². The van der Waals surface area contributed by atoms with Crippen LogP contribution in [0.3, 0.4) is 0 Å². The van der Waals surface area contributed by atoms with Crippen LogP contribution in [0.25, 0.3) is 10.9 Å². The summed E-state index contributed by atoms with van der Waals surface area (Å²) in [6.07, 6.45) is 0.723. The highest BCUT2D eigenvalue weighted by Crippen LogP contribution is 2.19. The fourth-order valence-corrected chi connectivity index (χ4v) is 3.40.